The minimum absolute atomic E-state index is 0.0700. The minimum atomic E-state index is -0.0756. The van der Waals surface area contributed by atoms with E-state index in [-0.39, 0.29) is 11.9 Å². The van der Waals surface area contributed by atoms with Crippen molar-refractivity contribution in [1.82, 2.24) is 10.3 Å². The molecular formula is C13H14N2O2S. The van der Waals surface area contributed by atoms with Gasteiger partial charge < -0.3 is 9.73 Å². The van der Waals surface area contributed by atoms with Gasteiger partial charge in [-0.05, 0) is 25.8 Å². The molecule has 1 atom stereocenters. The maximum Gasteiger partial charge on any atom is 0.255 e. The zero-order valence-electron chi connectivity index (χ0n) is 10.1. The van der Waals surface area contributed by atoms with Crippen LogP contribution in [0.1, 0.15) is 52.9 Å². The molecule has 2 aromatic rings. The zero-order valence-corrected chi connectivity index (χ0v) is 10.9. The molecule has 0 aliphatic heterocycles. The predicted molar refractivity (Wildman–Crippen MR) is 68.7 cm³/mol. The highest BCUT2D eigenvalue weighted by Crippen LogP contribution is 2.42. The molecule has 3 rings (SSSR count). The maximum absolute atomic E-state index is 12.2. The minimum Gasteiger partial charge on any atom is -0.468 e. The summed E-state index contributed by atoms with van der Waals surface area (Å²) in [6, 6.07) is 1.68. The first-order valence-electron chi connectivity index (χ1n) is 6.03. The van der Waals surface area contributed by atoms with Crippen LogP contribution >= 0.6 is 11.3 Å². The largest absolute Gasteiger partial charge is 0.468 e. The Morgan fingerprint density at radius 2 is 2.44 bits per heavy atom. The lowest BCUT2D eigenvalue weighted by atomic mass is 10.1. The molecule has 0 bridgehead atoms. The number of amides is 1. The summed E-state index contributed by atoms with van der Waals surface area (Å²) in [5, 5.41) is 5.78. The summed E-state index contributed by atoms with van der Waals surface area (Å²) in [6.07, 6.45) is 5.58. The zero-order chi connectivity index (χ0) is 12.5. The third kappa shape index (κ3) is 2.18. The molecule has 0 aromatic carbocycles. The second-order valence-corrected chi connectivity index (χ2v) is 5.46. The number of carbonyl (C=O) groups is 1. The molecular weight excluding hydrogens is 248 g/mol. The average molecular weight is 262 g/mol. The van der Waals surface area contributed by atoms with Gasteiger partial charge in [0.2, 0.25) is 0 Å². The number of thiazole rings is 1. The van der Waals surface area contributed by atoms with E-state index in [0.717, 1.165) is 23.6 Å². The van der Waals surface area contributed by atoms with E-state index < -0.39 is 0 Å². The molecule has 0 spiro atoms. The smallest absolute Gasteiger partial charge is 0.255 e. The molecule has 1 aliphatic carbocycles. The quantitative estimate of drug-likeness (QED) is 0.921. The Labute approximate surface area is 109 Å². The fraction of sp³-hybridized carbons (Fsp3) is 0.385. The van der Waals surface area contributed by atoms with E-state index in [1.54, 1.807) is 29.9 Å². The van der Waals surface area contributed by atoms with Gasteiger partial charge in [0.15, 0.2) is 0 Å². The Bertz CT molecular complexity index is 543. The van der Waals surface area contributed by atoms with Crippen molar-refractivity contribution in [3.63, 3.8) is 0 Å². The van der Waals surface area contributed by atoms with Gasteiger partial charge in [-0.2, -0.15) is 0 Å². The fourth-order valence-electron chi connectivity index (χ4n) is 1.95. The van der Waals surface area contributed by atoms with Crippen molar-refractivity contribution in [2.45, 2.75) is 31.7 Å². The van der Waals surface area contributed by atoms with Crippen LogP contribution in [-0.2, 0) is 0 Å². The Balaban J connectivity index is 1.72. The number of nitrogens with one attached hydrogen (secondary N) is 1. The van der Waals surface area contributed by atoms with Crippen LogP contribution in [0.3, 0.4) is 0 Å². The molecule has 0 radical (unpaired) electrons. The van der Waals surface area contributed by atoms with Gasteiger partial charge in [-0.3, -0.25) is 4.79 Å². The summed E-state index contributed by atoms with van der Waals surface area (Å²) in [7, 11) is 0. The molecule has 2 heterocycles. The fourth-order valence-corrected chi connectivity index (χ4v) is 2.60. The monoisotopic (exact) mass is 262 g/mol. The number of hydrogen-bond donors (Lipinski definition) is 1. The maximum atomic E-state index is 12.2. The Morgan fingerprint density at radius 1 is 1.61 bits per heavy atom. The number of carbonyl (C=O) groups excluding carboxylic acids is 1. The molecule has 94 valence electrons. The molecule has 1 amide bonds. The summed E-state index contributed by atoms with van der Waals surface area (Å²) in [4.78, 5) is 16.4. The first-order chi connectivity index (χ1) is 8.75. The normalized spacial score (nSPS) is 16.5. The van der Waals surface area contributed by atoms with Crippen molar-refractivity contribution < 1.29 is 9.21 Å². The lowest BCUT2D eigenvalue weighted by Gasteiger charge is -2.10. The second-order valence-electron chi connectivity index (χ2n) is 4.54. The lowest BCUT2D eigenvalue weighted by molar-refractivity contribution is 0.0937. The van der Waals surface area contributed by atoms with E-state index in [1.165, 1.54) is 0 Å². The van der Waals surface area contributed by atoms with Gasteiger partial charge in [-0.15, -0.1) is 11.3 Å². The molecule has 2 aromatic heterocycles. The third-order valence-corrected chi connectivity index (χ3v) is 4.02. The van der Waals surface area contributed by atoms with Crippen LogP contribution in [0, 0.1) is 0 Å². The summed E-state index contributed by atoms with van der Waals surface area (Å²) < 4.78 is 5.41. The summed E-state index contributed by atoms with van der Waals surface area (Å²) >= 11 is 1.54. The molecule has 1 aliphatic rings. The topological polar surface area (TPSA) is 55.1 Å². The number of furan rings is 1. The van der Waals surface area contributed by atoms with Gasteiger partial charge in [0, 0.05) is 17.5 Å². The second kappa shape index (κ2) is 4.57. The Hall–Kier alpha value is -1.62. The van der Waals surface area contributed by atoms with Crippen LogP contribution in [-0.4, -0.2) is 10.9 Å². The molecule has 1 fully saturated rings. The van der Waals surface area contributed by atoms with Crippen molar-refractivity contribution in [2.75, 3.05) is 0 Å². The lowest BCUT2D eigenvalue weighted by Crippen LogP contribution is -2.26. The number of aromatic nitrogens is 1. The van der Waals surface area contributed by atoms with E-state index in [9.17, 15) is 4.79 Å². The van der Waals surface area contributed by atoms with Gasteiger partial charge in [0.25, 0.3) is 5.91 Å². The van der Waals surface area contributed by atoms with Crippen LogP contribution in [0.4, 0.5) is 0 Å². The van der Waals surface area contributed by atoms with Crippen LogP contribution in [0.5, 0.6) is 0 Å². The van der Waals surface area contributed by atoms with Crippen molar-refractivity contribution in [3.8, 4) is 0 Å². The van der Waals surface area contributed by atoms with E-state index in [1.807, 2.05) is 12.3 Å². The van der Waals surface area contributed by atoms with Crippen molar-refractivity contribution >= 4 is 17.2 Å². The third-order valence-electron chi connectivity index (χ3n) is 3.06. The molecule has 1 N–H and O–H groups in total. The van der Waals surface area contributed by atoms with Crippen molar-refractivity contribution in [2.24, 2.45) is 0 Å². The average Bonchev–Trinajstić information content (AvgIpc) is 2.90. The number of hydrogen-bond acceptors (Lipinski definition) is 4. The van der Waals surface area contributed by atoms with E-state index in [2.05, 4.69) is 10.3 Å². The first-order valence-corrected chi connectivity index (χ1v) is 6.91. The molecule has 4 nitrogen and oxygen atoms in total. The molecule has 5 heteroatoms. The summed E-state index contributed by atoms with van der Waals surface area (Å²) in [5.74, 6) is 1.20. The van der Waals surface area contributed by atoms with Gasteiger partial charge >= 0.3 is 0 Å². The molecule has 1 saturated carbocycles. The first kappa shape index (κ1) is 11.5. The Morgan fingerprint density at radius 3 is 3.11 bits per heavy atom. The van der Waals surface area contributed by atoms with E-state index >= 15 is 0 Å². The van der Waals surface area contributed by atoms with Gasteiger partial charge in [-0.25, -0.2) is 4.98 Å². The van der Waals surface area contributed by atoms with Crippen molar-refractivity contribution in [1.29, 1.82) is 0 Å². The van der Waals surface area contributed by atoms with Crippen LogP contribution in [0.15, 0.2) is 28.3 Å². The van der Waals surface area contributed by atoms with E-state index in [4.69, 9.17) is 4.42 Å². The van der Waals surface area contributed by atoms with Gasteiger partial charge in [0.05, 0.1) is 17.9 Å². The van der Waals surface area contributed by atoms with Gasteiger partial charge in [-0.1, -0.05) is 0 Å². The standard InChI is InChI=1S/C13H14N2O2S/c1-8(13-14-5-7-18-13)15-12(16)10-4-6-17-11(10)9-2-3-9/h4-9H,2-3H2,1H3,(H,15,16)/t8-/m0/s1. The highest BCUT2D eigenvalue weighted by atomic mass is 32.1. The highest BCUT2D eigenvalue weighted by molar-refractivity contribution is 7.09. The molecule has 0 saturated heterocycles. The highest BCUT2D eigenvalue weighted by Gasteiger charge is 2.31. The Kier molecular flexibility index (Phi) is 2.91. The number of nitrogens with zero attached hydrogens (tertiary/aromatic N) is 1. The SMILES string of the molecule is C[C@H](NC(=O)c1ccoc1C1CC1)c1nccs1. The molecule has 0 unspecified atom stereocenters. The van der Waals surface area contributed by atoms with E-state index in [0.29, 0.717) is 11.5 Å². The summed E-state index contributed by atoms with van der Waals surface area (Å²) in [5.41, 5.74) is 0.668. The van der Waals surface area contributed by atoms with Crippen LogP contribution < -0.4 is 5.32 Å². The van der Waals surface area contributed by atoms with Crippen LogP contribution in [0.25, 0.3) is 0 Å². The molecule has 18 heavy (non-hydrogen) atoms. The van der Waals surface area contributed by atoms with Gasteiger partial charge in [0.1, 0.15) is 10.8 Å². The summed E-state index contributed by atoms with van der Waals surface area (Å²) in [6.45, 7) is 1.94. The number of rotatable bonds is 4. The van der Waals surface area contributed by atoms with Crippen molar-refractivity contribution in [3.05, 3.63) is 40.2 Å². The predicted octanol–water partition coefficient (Wildman–Crippen LogP) is 3.10. The van der Waals surface area contributed by atoms with Crippen LogP contribution in [0.2, 0.25) is 0 Å².